The van der Waals surface area contributed by atoms with Gasteiger partial charge in [-0.25, -0.2) is 0 Å². The van der Waals surface area contributed by atoms with E-state index >= 15 is 0 Å². The molecule has 1 heterocycles. The monoisotopic (exact) mass is 335 g/mol. The maximum absolute atomic E-state index is 5.41. The maximum atomic E-state index is 5.41. The molecule has 0 amide bonds. The van der Waals surface area contributed by atoms with Gasteiger partial charge in [0.15, 0.2) is 0 Å². The minimum atomic E-state index is 0.512. The summed E-state index contributed by atoms with van der Waals surface area (Å²) in [6.07, 6.45) is 2.34. The first kappa shape index (κ1) is 13.5. The van der Waals surface area contributed by atoms with Crippen LogP contribution in [0, 0.1) is 0 Å². The molecule has 0 aliphatic carbocycles. The SMILES string of the molecule is CCCC(C)c1cc(OC)nc(OCI)c1. The lowest BCUT2D eigenvalue weighted by molar-refractivity contribution is 0.358. The number of ether oxygens (including phenoxy) is 2. The van der Waals surface area contributed by atoms with Crippen LogP contribution in [0.15, 0.2) is 12.1 Å². The Labute approximate surface area is 111 Å². The summed E-state index contributed by atoms with van der Waals surface area (Å²) in [5.41, 5.74) is 1.23. The Kier molecular flexibility index (Phi) is 5.87. The first-order chi connectivity index (χ1) is 7.71. The molecule has 0 fully saturated rings. The van der Waals surface area contributed by atoms with Crippen LogP contribution in [-0.4, -0.2) is 16.7 Å². The number of hydrogen-bond donors (Lipinski definition) is 0. The minimum Gasteiger partial charge on any atom is -0.481 e. The lowest BCUT2D eigenvalue weighted by atomic mass is 9.97. The van der Waals surface area contributed by atoms with Crippen molar-refractivity contribution >= 4 is 22.6 Å². The Hall–Kier alpha value is -0.520. The van der Waals surface area contributed by atoms with Gasteiger partial charge >= 0.3 is 0 Å². The van der Waals surface area contributed by atoms with Crippen LogP contribution in [0.4, 0.5) is 0 Å². The van der Waals surface area contributed by atoms with Crippen molar-refractivity contribution in [2.45, 2.75) is 32.6 Å². The molecule has 0 bridgehead atoms. The Morgan fingerprint density at radius 1 is 1.38 bits per heavy atom. The Morgan fingerprint density at radius 2 is 2.06 bits per heavy atom. The highest BCUT2D eigenvalue weighted by molar-refractivity contribution is 14.1. The molecule has 0 aliphatic heterocycles. The molecular formula is C12H18INO2. The van der Waals surface area contributed by atoms with Crippen molar-refractivity contribution in [1.29, 1.82) is 0 Å². The Balaban J connectivity index is 2.93. The molecule has 1 unspecified atom stereocenters. The van der Waals surface area contributed by atoms with Crippen LogP contribution in [0.25, 0.3) is 0 Å². The number of methoxy groups -OCH3 is 1. The first-order valence-electron chi connectivity index (χ1n) is 5.46. The van der Waals surface area contributed by atoms with Gasteiger partial charge in [0, 0.05) is 12.1 Å². The quantitative estimate of drug-likeness (QED) is 0.586. The number of alkyl halides is 1. The molecule has 3 nitrogen and oxygen atoms in total. The zero-order valence-corrected chi connectivity index (χ0v) is 12.2. The van der Waals surface area contributed by atoms with Gasteiger partial charge in [-0.1, -0.05) is 20.3 Å². The van der Waals surface area contributed by atoms with Crippen LogP contribution in [0.2, 0.25) is 0 Å². The molecular weight excluding hydrogens is 317 g/mol. The van der Waals surface area contributed by atoms with Crippen LogP contribution in [-0.2, 0) is 0 Å². The molecule has 0 aromatic carbocycles. The van der Waals surface area contributed by atoms with E-state index in [0.29, 0.717) is 22.3 Å². The Morgan fingerprint density at radius 3 is 2.62 bits per heavy atom. The second kappa shape index (κ2) is 6.93. The number of hydrogen-bond acceptors (Lipinski definition) is 3. The van der Waals surface area contributed by atoms with Gasteiger partial charge in [-0.05, 0) is 40.5 Å². The smallest absolute Gasteiger partial charge is 0.217 e. The van der Waals surface area contributed by atoms with Gasteiger partial charge in [0.2, 0.25) is 11.8 Å². The van der Waals surface area contributed by atoms with Crippen molar-refractivity contribution in [3.8, 4) is 11.8 Å². The third-order valence-electron chi connectivity index (χ3n) is 2.50. The summed E-state index contributed by atoms with van der Waals surface area (Å²) in [7, 11) is 1.63. The van der Waals surface area contributed by atoms with Crippen molar-refractivity contribution in [3.63, 3.8) is 0 Å². The number of pyridine rings is 1. The second-order valence-corrected chi connectivity index (χ2v) is 4.35. The van der Waals surface area contributed by atoms with Gasteiger partial charge in [-0.2, -0.15) is 4.98 Å². The van der Waals surface area contributed by atoms with E-state index in [0.717, 1.165) is 6.42 Å². The lowest BCUT2D eigenvalue weighted by Gasteiger charge is -2.13. The minimum absolute atomic E-state index is 0.512. The average molecular weight is 335 g/mol. The van der Waals surface area contributed by atoms with Crippen LogP contribution in [0.1, 0.15) is 38.2 Å². The van der Waals surface area contributed by atoms with E-state index < -0.39 is 0 Å². The molecule has 1 aromatic rings. The number of nitrogens with zero attached hydrogens (tertiary/aromatic N) is 1. The molecule has 0 saturated carbocycles. The summed E-state index contributed by atoms with van der Waals surface area (Å²) in [4.78, 5) is 4.23. The van der Waals surface area contributed by atoms with Crippen LogP contribution >= 0.6 is 22.6 Å². The summed E-state index contributed by atoms with van der Waals surface area (Å²) >= 11 is 2.16. The fourth-order valence-electron chi connectivity index (χ4n) is 1.62. The molecule has 0 N–H and O–H groups in total. The fraction of sp³-hybridized carbons (Fsp3) is 0.583. The van der Waals surface area contributed by atoms with Gasteiger partial charge < -0.3 is 9.47 Å². The van der Waals surface area contributed by atoms with E-state index in [2.05, 4.69) is 41.4 Å². The lowest BCUT2D eigenvalue weighted by Crippen LogP contribution is -2.00. The normalized spacial score (nSPS) is 12.2. The van der Waals surface area contributed by atoms with E-state index in [1.807, 2.05) is 12.1 Å². The first-order valence-corrected chi connectivity index (χ1v) is 6.98. The number of rotatable bonds is 6. The van der Waals surface area contributed by atoms with Crippen molar-refractivity contribution in [1.82, 2.24) is 4.98 Å². The second-order valence-electron chi connectivity index (χ2n) is 3.72. The van der Waals surface area contributed by atoms with E-state index in [4.69, 9.17) is 9.47 Å². The molecule has 1 rings (SSSR count). The predicted octanol–water partition coefficient (Wildman–Crippen LogP) is 3.77. The number of aromatic nitrogens is 1. The third kappa shape index (κ3) is 3.81. The molecule has 0 radical (unpaired) electrons. The van der Waals surface area contributed by atoms with Gasteiger partial charge in [-0.3, -0.25) is 0 Å². The summed E-state index contributed by atoms with van der Waals surface area (Å²) in [6.45, 7) is 4.41. The molecule has 16 heavy (non-hydrogen) atoms. The summed E-state index contributed by atoms with van der Waals surface area (Å²) in [5, 5.41) is 0. The van der Waals surface area contributed by atoms with E-state index in [9.17, 15) is 0 Å². The van der Waals surface area contributed by atoms with Crippen LogP contribution in [0.3, 0.4) is 0 Å². The van der Waals surface area contributed by atoms with Crippen molar-refractivity contribution in [2.75, 3.05) is 11.7 Å². The molecule has 4 heteroatoms. The summed E-state index contributed by atoms with van der Waals surface area (Å²) < 4.78 is 11.2. The van der Waals surface area contributed by atoms with Crippen molar-refractivity contribution < 1.29 is 9.47 Å². The topological polar surface area (TPSA) is 31.4 Å². The zero-order chi connectivity index (χ0) is 12.0. The Bertz CT molecular complexity index is 331. The highest BCUT2D eigenvalue weighted by Crippen LogP contribution is 2.27. The van der Waals surface area contributed by atoms with Crippen LogP contribution in [0.5, 0.6) is 11.8 Å². The predicted molar refractivity (Wildman–Crippen MR) is 73.6 cm³/mol. The molecule has 1 atom stereocenters. The van der Waals surface area contributed by atoms with E-state index in [1.54, 1.807) is 7.11 Å². The standard InChI is InChI=1S/C12H18INO2/c1-4-5-9(2)10-6-11(15-3)14-12(7-10)16-8-13/h6-7,9H,4-5,8H2,1-3H3. The largest absolute Gasteiger partial charge is 0.481 e. The third-order valence-corrected chi connectivity index (χ3v) is 2.81. The zero-order valence-electron chi connectivity index (χ0n) is 10.00. The highest BCUT2D eigenvalue weighted by atomic mass is 127. The average Bonchev–Trinajstić information content (AvgIpc) is 2.29. The van der Waals surface area contributed by atoms with Gasteiger partial charge in [0.05, 0.1) is 7.11 Å². The van der Waals surface area contributed by atoms with Gasteiger partial charge in [-0.15, -0.1) is 0 Å². The van der Waals surface area contributed by atoms with Gasteiger partial charge in [0.25, 0.3) is 0 Å². The summed E-state index contributed by atoms with van der Waals surface area (Å²) in [5.74, 6) is 1.78. The molecule has 0 spiro atoms. The molecule has 1 aromatic heterocycles. The van der Waals surface area contributed by atoms with Crippen molar-refractivity contribution in [2.24, 2.45) is 0 Å². The highest BCUT2D eigenvalue weighted by Gasteiger charge is 2.09. The molecule has 0 saturated heterocycles. The van der Waals surface area contributed by atoms with Gasteiger partial charge in [0.1, 0.15) is 4.61 Å². The fourth-order valence-corrected chi connectivity index (χ4v) is 1.94. The van der Waals surface area contributed by atoms with Crippen LogP contribution < -0.4 is 9.47 Å². The van der Waals surface area contributed by atoms with Crippen molar-refractivity contribution in [3.05, 3.63) is 17.7 Å². The summed E-state index contributed by atoms with van der Waals surface area (Å²) in [6, 6.07) is 3.99. The molecule has 90 valence electrons. The molecule has 0 aliphatic rings. The number of halogens is 1. The van der Waals surface area contributed by atoms with E-state index in [1.165, 1.54) is 12.0 Å². The van der Waals surface area contributed by atoms with E-state index in [-0.39, 0.29) is 0 Å². The maximum Gasteiger partial charge on any atom is 0.217 e.